The highest BCUT2D eigenvalue weighted by atomic mass is 15.1. The zero-order valence-electron chi connectivity index (χ0n) is 28.0. The van der Waals surface area contributed by atoms with Crippen molar-refractivity contribution in [3.05, 3.63) is 183 Å². The molecule has 0 saturated carbocycles. The van der Waals surface area contributed by atoms with Crippen molar-refractivity contribution in [1.29, 1.82) is 0 Å². The number of rotatable bonds is 5. The van der Waals surface area contributed by atoms with E-state index in [2.05, 4.69) is 149 Å². The summed E-state index contributed by atoms with van der Waals surface area (Å²) in [6.45, 7) is 0. The molecule has 242 valence electrons. The Morgan fingerprint density at radius 3 is 1.14 bits per heavy atom. The molecule has 0 N–H and O–H groups in total. The molecule has 0 bridgehead atoms. The quantitative estimate of drug-likeness (QED) is 0.174. The summed E-state index contributed by atoms with van der Waals surface area (Å²) < 4.78 is 4.79. The summed E-state index contributed by atoms with van der Waals surface area (Å²) in [7, 11) is 0. The Hall–Kier alpha value is -6.85. The maximum absolute atomic E-state index is 5.23. The number of aromatic nitrogens is 5. The number of benzene rings is 7. The Kier molecular flexibility index (Phi) is 7.25. The van der Waals surface area contributed by atoms with Crippen molar-refractivity contribution >= 4 is 43.6 Å². The van der Waals surface area contributed by atoms with Gasteiger partial charge in [0.1, 0.15) is 0 Å². The van der Waals surface area contributed by atoms with Crippen LogP contribution in [0.4, 0.5) is 0 Å². The minimum Gasteiger partial charge on any atom is -0.358 e. The molecule has 0 unspecified atom stereocenters. The van der Waals surface area contributed by atoms with Crippen LogP contribution >= 0.6 is 0 Å². The summed E-state index contributed by atoms with van der Waals surface area (Å²) in [6.07, 6.45) is 0. The highest BCUT2D eigenvalue weighted by Gasteiger charge is 2.24. The van der Waals surface area contributed by atoms with Gasteiger partial charge in [-0.2, -0.15) is 0 Å². The van der Waals surface area contributed by atoms with Crippen molar-refractivity contribution in [2.75, 3.05) is 0 Å². The van der Waals surface area contributed by atoms with Gasteiger partial charge in [-0.25, -0.2) is 15.0 Å². The molecule has 0 atom stereocenters. The Labute approximate surface area is 295 Å². The molecule has 0 aliphatic carbocycles. The van der Waals surface area contributed by atoms with Gasteiger partial charge < -0.3 is 16.6 Å². The summed E-state index contributed by atoms with van der Waals surface area (Å²) in [5, 5.41) is 4.80. The number of hydrogen-bond acceptors (Lipinski definition) is 3. The summed E-state index contributed by atoms with van der Waals surface area (Å²) in [5.41, 5.74) is 9.32. The summed E-state index contributed by atoms with van der Waals surface area (Å²) >= 11 is 0. The average Bonchev–Trinajstić information content (AvgIpc) is 3.71. The van der Waals surface area contributed by atoms with Crippen molar-refractivity contribution in [3.8, 4) is 45.5 Å². The van der Waals surface area contributed by atoms with Gasteiger partial charge in [0.25, 0.3) is 0 Å². The van der Waals surface area contributed by atoms with Gasteiger partial charge in [0.15, 0.2) is 17.5 Å². The van der Waals surface area contributed by atoms with E-state index in [1.165, 1.54) is 21.5 Å². The third kappa shape index (κ3) is 4.82. The highest BCUT2D eigenvalue weighted by Crippen LogP contribution is 2.41. The predicted molar refractivity (Wildman–Crippen MR) is 211 cm³/mol. The zero-order chi connectivity index (χ0) is 33.0. The topological polar surface area (TPSA) is 48.5 Å². The molecule has 0 amide bonds. The smallest absolute Gasteiger partial charge is 0.166 e. The number of hydrogen-bond donors (Lipinski definition) is 0. The first-order valence-electron chi connectivity index (χ1n) is 16.8. The van der Waals surface area contributed by atoms with Crippen molar-refractivity contribution in [1.82, 2.24) is 24.1 Å². The molecule has 5 nitrogen and oxygen atoms in total. The molecule has 0 fully saturated rings. The molecular weight excluding hydrogens is 623 g/mol. The first-order valence-corrected chi connectivity index (χ1v) is 16.8. The molecule has 0 saturated heterocycles. The van der Waals surface area contributed by atoms with Crippen molar-refractivity contribution in [2.45, 2.75) is 0 Å². The van der Waals surface area contributed by atoms with Crippen molar-refractivity contribution in [2.24, 2.45) is 0 Å². The van der Waals surface area contributed by atoms with Gasteiger partial charge in [0.05, 0.1) is 33.4 Å². The molecule has 10 rings (SSSR count). The van der Waals surface area contributed by atoms with Gasteiger partial charge in [0.2, 0.25) is 0 Å². The fraction of sp³-hybridized carbons (Fsp3) is 0. The molecule has 0 spiro atoms. The molecule has 0 radical (unpaired) electrons. The van der Waals surface area contributed by atoms with Gasteiger partial charge in [-0.05, 0) is 36.4 Å². The second kappa shape index (κ2) is 12.2. The molecule has 0 aliphatic rings. The van der Waals surface area contributed by atoms with Crippen molar-refractivity contribution in [3.63, 3.8) is 0 Å². The maximum atomic E-state index is 5.23. The van der Waals surface area contributed by atoms with Crippen LogP contribution in [-0.4, -0.2) is 24.1 Å². The van der Waals surface area contributed by atoms with Crippen LogP contribution in [0.5, 0.6) is 0 Å². The number of nitrogens with zero attached hydrogens (tertiary/aromatic N) is 5. The number of fused-ring (bicyclic) bond motifs is 6. The summed E-state index contributed by atoms with van der Waals surface area (Å²) in [5.74, 6) is 1.87. The van der Waals surface area contributed by atoms with E-state index in [4.69, 9.17) is 15.0 Å². The van der Waals surface area contributed by atoms with E-state index in [-0.39, 0.29) is 7.43 Å². The highest BCUT2D eigenvalue weighted by molar-refractivity contribution is 6.12. The Morgan fingerprint density at radius 1 is 0.314 bits per heavy atom. The fourth-order valence-electron chi connectivity index (χ4n) is 7.40. The standard InChI is InChI=1S/C45H29N5.CH3/c1-3-16-30(17-4-1)43-46-44(31-18-5-2-6-19-31)48-45(47-43)36-24-15-29-41(49-37-25-11-7-20-32(37)33-21-8-12-26-38(33)49)42(36)50-39-27-13-9-22-34(39)35-23-10-14-28-40(35)50;/h1-29H;1H3/q;-1. The first kappa shape index (κ1) is 30.2. The van der Waals surface area contributed by atoms with Gasteiger partial charge in [-0.3, -0.25) is 0 Å². The second-order valence-corrected chi connectivity index (χ2v) is 12.5. The van der Waals surface area contributed by atoms with Crippen LogP contribution in [-0.2, 0) is 0 Å². The molecule has 51 heavy (non-hydrogen) atoms. The van der Waals surface area contributed by atoms with Gasteiger partial charge in [0, 0.05) is 38.2 Å². The SMILES string of the molecule is [CH3-].c1ccc(-c2nc(-c3ccccc3)nc(-c3cccc(-n4c5ccccc5c5ccccc54)c3-n3c4ccccc4c4ccccc43)n2)cc1. The van der Waals surface area contributed by atoms with E-state index >= 15 is 0 Å². The fourth-order valence-corrected chi connectivity index (χ4v) is 7.40. The molecule has 3 heterocycles. The van der Waals surface area contributed by atoms with Gasteiger partial charge >= 0.3 is 0 Å². The van der Waals surface area contributed by atoms with Crippen LogP contribution in [0.1, 0.15) is 0 Å². The summed E-state index contributed by atoms with van der Waals surface area (Å²) in [6, 6.07) is 61.4. The molecule has 0 aliphatic heterocycles. The monoisotopic (exact) mass is 654 g/mol. The van der Waals surface area contributed by atoms with E-state index in [0.29, 0.717) is 17.5 Å². The predicted octanol–water partition coefficient (Wildman–Crippen LogP) is 11.5. The largest absolute Gasteiger partial charge is 0.358 e. The molecule has 7 aromatic carbocycles. The Balaban J connectivity index is 0.00000348. The summed E-state index contributed by atoms with van der Waals surface area (Å²) in [4.78, 5) is 15.5. The van der Waals surface area contributed by atoms with E-state index in [1.54, 1.807) is 0 Å². The lowest BCUT2D eigenvalue weighted by molar-refractivity contribution is 1.05. The van der Waals surface area contributed by atoms with Crippen LogP contribution in [0.15, 0.2) is 176 Å². The minimum atomic E-state index is 0. The van der Waals surface area contributed by atoms with E-state index < -0.39 is 0 Å². The lowest BCUT2D eigenvalue weighted by Gasteiger charge is -2.20. The van der Waals surface area contributed by atoms with Crippen molar-refractivity contribution < 1.29 is 0 Å². The Bertz CT molecular complexity index is 2700. The van der Waals surface area contributed by atoms with Crippen LogP contribution < -0.4 is 0 Å². The van der Waals surface area contributed by atoms with Crippen LogP contribution in [0, 0.1) is 7.43 Å². The van der Waals surface area contributed by atoms with E-state index in [9.17, 15) is 0 Å². The third-order valence-electron chi connectivity index (χ3n) is 9.58. The first-order chi connectivity index (χ1) is 24.8. The maximum Gasteiger partial charge on any atom is 0.166 e. The van der Waals surface area contributed by atoms with Gasteiger partial charge in [-0.1, -0.05) is 140 Å². The van der Waals surface area contributed by atoms with E-state index in [0.717, 1.165) is 50.1 Å². The molecule has 5 heteroatoms. The van der Waals surface area contributed by atoms with Gasteiger partial charge in [-0.15, -0.1) is 0 Å². The zero-order valence-corrected chi connectivity index (χ0v) is 28.0. The normalized spacial score (nSPS) is 11.4. The molecule has 3 aromatic heterocycles. The number of para-hydroxylation sites is 5. The lowest BCUT2D eigenvalue weighted by atomic mass is 10.1. The average molecular weight is 655 g/mol. The van der Waals surface area contributed by atoms with Crippen LogP contribution in [0.3, 0.4) is 0 Å². The van der Waals surface area contributed by atoms with Crippen LogP contribution in [0.25, 0.3) is 89.2 Å². The third-order valence-corrected chi connectivity index (χ3v) is 9.58. The van der Waals surface area contributed by atoms with Crippen LogP contribution in [0.2, 0.25) is 0 Å². The lowest BCUT2D eigenvalue weighted by Crippen LogP contribution is -2.08. The Morgan fingerprint density at radius 2 is 0.686 bits per heavy atom. The van der Waals surface area contributed by atoms with E-state index in [1.807, 2.05) is 36.4 Å². The second-order valence-electron chi connectivity index (χ2n) is 12.5. The molecule has 10 aromatic rings. The minimum absolute atomic E-state index is 0. The molecular formula is C46H32N5-.